The van der Waals surface area contributed by atoms with Crippen molar-refractivity contribution in [2.45, 2.75) is 20.4 Å². The molecule has 2 heterocycles. The summed E-state index contributed by atoms with van der Waals surface area (Å²) in [5, 5.41) is 12.8. The molecule has 0 saturated heterocycles. The molecule has 9 heteroatoms. The maximum absolute atomic E-state index is 14.8. The number of halogens is 2. The van der Waals surface area contributed by atoms with Crippen LogP contribution in [0.3, 0.4) is 0 Å². The number of methoxy groups -OCH3 is 1. The summed E-state index contributed by atoms with van der Waals surface area (Å²) in [5.41, 5.74) is 2.08. The molecule has 170 valence electrons. The van der Waals surface area contributed by atoms with Crippen LogP contribution >= 0.6 is 0 Å². The number of anilines is 1. The minimum Gasteiger partial charge on any atom is -0.496 e. The monoisotopic (exact) mass is 452 g/mol. The molecule has 0 amide bonds. The predicted molar refractivity (Wildman–Crippen MR) is 121 cm³/mol. The summed E-state index contributed by atoms with van der Waals surface area (Å²) in [6, 6.07) is 9.76. The number of nitrogens with one attached hydrogen (secondary N) is 1. The maximum atomic E-state index is 14.8. The molecule has 2 aromatic heterocycles. The van der Waals surface area contributed by atoms with Crippen molar-refractivity contribution in [3.8, 4) is 17.0 Å². The van der Waals surface area contributed by atoms with E-state index in [-0.39, 0.29) is 11.4 Å². The predicted octanol–water partition coefficient (Wildman–Crippen LogP) is 4.81. The van der Waals surface area contributed by atoms with Crippen molar-refractivity contribution in [2.24, 2.45) is 0 Å². The van der Waals surface area contributed by atoms with Crippen molar-refractivity contribution in [1.82, 2.24) is 14.5 Å². The van der Waals surface area contributed by atoms with E-state index in [9.17, 15) is 13.6 Å². The number of aryl methyl sites for hydroxylation is 1. The van der Waals surface area contributed by atoms with Crippen LogP contribution < -0.4 is 10.1 Å². The smallest absolute Gasteiger partial charge is 0.338 e. The number of benzene rings is 2. The lowest BCUT2D eigenvalue weighted by atomic mass is 10.0. The van der Waals surface area contributed by atoms with Gasteiger partial charge in [-0.3, -0.25) is 0 Å². The molecule has 0 spiro atoms. The quantitative estimate of drug-likeness (QED) is 0.418. The molecule has 0 radical (unpaired) electrons. The molecule has 0 saturated carbocycles. The molecule has 0 bridgehead atoms. The highest BCUT2D eigenvalue weighted by atomic mass is 19.1. The van der Waals surface area contributed by atoms with Crippen LogP contribution in [0, 0.1) is 25.5 Å². The zero-order valence-electron chi connectivity index (χ0n) is 18.3. The van der Waals surface area contributed by atoms with E-state index in [4.69, 9.17) is 9.84 Å². The highest BCUT2D eigenvalue weighted by molar-refractivity contribution is 5.90. The average Bonchev–Trinajstić information content (AvgIpc) is 3.03. The molecule has 7 nitrogen and oxygen atoms in total. The van der Waals surface area contributed by atoms with E-state index in [1.165, 1.54) is 20.4 Å². The van der Waals surface area contributed by atoms with Gasteiger partial charge in [-0.1, -0.05) is 6.07 Å². The first-order valence-electron chi connectivity index (χ1n) is 10.2. The number of carboxylic acid groups (broad SMARTS) is 1. The zero-order chi connectivity index (χ0) is 23.7. The molecule has 33 heavy (non-hydrogen) atoms. The Bertz CT molecular complexity index is 1340. The van der Waals surface area contributed by atoms with Crippen molar-refractivity contribution in [3.63, 3.8) is 0 Å². The van der Waals surface area contributed by atoms with Gasteiger partial charge in [-0.15, -0.1) is 0 Å². The topological polar surface area (TPSA) is 89.3 Å². The number of nitrogens with zero attached hydrogens (tertiary/aromatic N) is 3. The van der Waals surface area contributed by atoms with E-state index in [0.29, 0.717) is 52.6 Å². The maximum Gasteiger partial charge on any atom is 0.338 e. The average molecular weight is 452 g/mol. The molecule has 0 fully saturated rings. The van der Waals surface area contributed by atoms with E-state index < -0.39 is 11.8 Å². The van der Waals surface area contributed by atoms with Gasteiger partial charge in [0.05, 0.1) is 35.0 Å². The third kappa shape index (κ3) is 4.09. The van der Waals surface area contributed by atoms with Crippen molar-refractivity contribution >= 4 is 22.7 Å². The Kier molecular flexibility index (Phi) is 5.95. The van der Waals surface area contributed by atoms with Crippen molar-refractivity contribution in [1.29, 1.82) is 0 Å². The number of aromatic nitrogens is 3. The van der Waals surface area contributed by atoms with E-state index >= 15 is 0 Å². The summed E-state index contributed by atoms with van der Waals surface area (Å²) in [6.07, 6.45) is 1.34. The van der Waals surface area contributed by atoms with E-state index in [0.717, 1.165) is 11.6 Å². The summed E-state index contributed by atoms with van der Waals surface area (Å²) >= 11 is 0. The molecule has 4 rings (SSSR count). The molecular formula is C24H22F2N4O3. The Morgan fingerprint density at radius 1 is 1.18 bits per heavy atom. The lowest BCUT2D eigenvalue weighted by molar-refractivity contribution is 0.0691. The van der Waals surface area contributed by atoms with Gasteiger partial charge in [0, 0.05) is 24.7 Å². The largest absolute Gasteiger partial charge is 0.496 e. The number of rotatable bonds is 7. The first-order valence-corrected chi connectivity index (χ1v) is 10.2. The standard InChI is InChI=1S/C24H22F2N4O3/c1-13-9-15(10-16(25)21(13)24(31)32)17-11-20(29-12-28-17)27-7-8-30-14(2)23(26)22-18(30)5-4-6-19(22)33-3/h4-6,9-12H,7-8H2,1-3H3,(H,31,32)(H,27,28,29). The summed E-state index contributed by atoms with van der Waals surface area (Å²) < 4.78 is 36.2. The number of aromatic carboxylic acids is 1. The lowest BCUT2D eigenvalue weighted by Gasteiger charge is -2.11. The fourth-order valence-electron chi connectivity index (χ4n) is 3.97. The first kappa shape index (κ1) is 22.2. The number of ether oxygens (including phenoxy) is 1. The van der Waals surface area contributed by atoms with Gasteiger partial charge in [0.25, 0.3) is 0 Å². The Labute approximate surface area is 188 Å². The molecule has 0 atom stereocenters. The van der Waals surface area contributed by atoms with Gasteiger partial charge in [0.1, 0.15) is 23.7 Å². The SMILES string of the molecule is COc1cccc2c1c(F)c(C)n2CCNc1cc(-c2cc(C)c(C(=O)O)c(F)c2)ncn1. The van der Waals surface area contributed by atoms with E-state index in [1.54, 1.807) is 25.1 Å². The third-order valence-electron chi connectivity index (χ3n) is 5.56. The van der Waals surface area contributed by atoms with Gasteiger partial charge < -0.3 is 19.7 Å². The van der Waals surface area contributed by atoms with Crippen LogP contribution in [0.1, 0.15) is 21.6 Å². The number of carboxylic acids is 1. The van der Waals surface area contributed by atoms with Gasteiger partial charge in [-0.25, -0.2) is 23.5 Å². The molecule has 0 aliphatic carbocycles. The second-order valence-electron chi connectivity index (χ2n) is 7.58. The number of hydrogen-bond acceptors (Lipinski definition) is 5. The number of fused-ring (bicyclic) bond motifs is 1. The van der Waals surface area contributed by atoms with Crippen LogP contribution in [0.25, 0.3) is 22.2 Å². The minimum atomic E-state index is -1.32. The highest BCUT2D eigenvalue weighted by Gasteiger charge is 2.18. The van der Waals surface area contributed by atoms with Gasteiger partial charge in [0.15, 0.2) is 5.82 Å². The molecule has 2 N–H and O–H groups in total. The van der Waals surface area contributed by atoms with Crippen LogP contribution in [0.4, 0.5) is 14.6 Å². The normalized spacial score (nSPS) is 11.1. The van der Waals surface area contributed by atoms with E-state index in [2.05, 4.69) is 15.3 Å². The van der Waals surface area contributed by atoms with Gasteiger partial charge in [-0.2, -0.15) is 0 Å². The van der Waals surface area contributed by atoms with Crippen molar-refractivity contribution < 1.29 is 23.4 Å². The Morgan fingerprint density at radius 3 is 2.67 bits per heavy atom. The zero-order valence-corrected chi connectivity index (χ0v) is 18.3. The van der Waals surface area contributed by atoms with Crippen LogP contribution in [0.5, 0.6) is 5.75 Å². The highest BCUT2D eigenvalue weighted by Crippen LogP contribution is 2.32. The molecule has 0 aliphatic rings. The summed E-state index contributed by atoms with van der Waals surface area (Å²) in [4.78, 5) is 19.6. The summed E-state index contributed by atoms with van der Waals surface area (Å²) in [7, 11) is 1.51. The van der Waals surface area contributed by atoms with Crippen molar-refractivity contribution in [3.05, 3.63) is 71.2 Å². The second kappa shape index (κ2) is 8.85. The summed E-state index contributed by atoms with van der Waals surface area (Å²) in [6.45, 7) is 4.17. The lowest BCUT2D eigenvalue weighted by Crippen LogP contribution is -2.12. The fraction of sp³-hybridized carbons (Fsp3) is 0.208. The third-order valence-corrected chi connectivity index (χ3v) is 5.56. The van der Waals surface area contributed by atoms with Crippen LogP contribution in [-0.4, -0.2) is 39.3 Å². The Hall–Kier alpha value is -4.01. The Balaban J connectivity index is 1.54. The van der Waals surface area contributed by atoms with Gasteiger partial charge in [0.2, 0.25) is 0 Å². The van der Waals surface area contributed by atoms with Crippen LogP contribution in [0.15, 0.2) is 42.7 Å². The van der Waals surface area contributed by atoms with Crippen LogP contribution in [-0.2, 0) is 6.54 Å². The second-order valence-corrected chi connectivity index (χ2v) is 7.58. The fourth-order valence-corrected chi connectivity index (χ4v) is 3.97. The Morgan fingerprint density at radius 2 is 1.97 bits per heavy atom. The summed E-state index contributed by atoms with van der Waals surface area (Å²) in [5.74, 6) is -1.46. The van der Waals surface area contributed by atoms with Gasteiger partial charge in [-0.05, 0) is 43.7 Å². The molecule has 4 aromatic rings. The van der Waals surface area contributed by atoms with Crippen molar-refractivity contribution in [2.75, 3.05) is 19.0 Å². The number of carbonyl (C=O) groups is 1. The minimum absolute atomic E-state index is 0.304. The number of hydrogen-bond donors (Lipinski definition) is 2. The van der Waals surface area contributed by atoms with Gasteiger partial charge >= 0.3 is 5.97 Å². The molecule has 0 unspecified atom stereocenters. The van der Waals surface area contributed by atoms with E-state index in [1.807, 2.05) is 16.7 Å². The van der Waals surface area contributed by atoms with Crippen LogP contribution in [0.2, 0.25) is 0 Å². The molecule has 0 aliphatic heterocycles. The molecular weight excluding hydrogens is 430 g/mol. The molecule has 2 aromatic carbocycles. The first-order chi connectivity index (χ1) is 15.8.